The van der Waals surface area contributed by atoms with E-state index >= 15 is 0 Å². The van der Waals surface area contributed by atoms with Gasteiger partial charge in [-0.15, -0.1) is 0 Å². The Bertz CT molecular complexity index is 127. The van der Waals surface area contributed by atoms with Crippen LogP contribution in [0.15, 0.2) is 0 Å². The molecule has 0 aliphatic heterocycles. The highest BCUT2D eigenvalue weighted by molar-refractivity contribution is 4.69. The summed E-state index contributed by atoms with van der Waals surface area (Å²) in [5.74, 6) is 5.00. The molecule has 0 aromatic carbocycles. The molecule has 0 aliphatic rings. The summed E-state index contributed by atoms with van der Waals surface area (Å²) in [6, 6.07) is 0. The fourth-order valence-corrected chi connectivity index (χ4v) is 0.679. The average Bonchev–Trinajstić information content (AvgIpc) is 1.83. The summed E-state index contributed by atoms with van der Waals surface area (Å²) in [5, 5.41) is 0. The van der Waals surface area contributed by atoms with Gasteiger partial charge < -0.3 is 9.57 Å². The smallest absolute Gasteiger partial charge is 0.0752 e. The molecule has 0 radical (unpaired) electrons. The van der Waals surface area contributed by atoms with Crippen molar-refractivity contribution in [1.82, 2.24) is 0 Å². The lowest BCUT2D eigenvalue weighted by Crippen LogP contribution is -2.32. The number of hydrogen-bond acceptors (Lipinski definition) is 3. The molecule has 0 saturated carbocycles. The maximum Gasteiger partial charge on any atom is 0.0752 e. The Morgan fingerprint density at radius 3 is 1.83 bits per heavy atom. The zero-order chi connectivity index (χ0) is 9.83. The molecule has 12 heavy (non-hydrogen) atoms. The van der Waals surface area contributed by atoms with E-state index in [9.17, 15) is 0 Å². The van der Waals surface area contributed by atoms with Crippen LogP contribution in [0, 0.1) is 5.41 Å². The second kappa shape index (κ2) is 4.21. The average molecular weight is 175 g/mol. The third-order valence-electron chi connectivity index (χ3n) is 1.37. The van der Waals surface area contributed by atoms with Crippen LogP contribution in [0.25, 0.3) is 0 Å². The molecule has 0 unspecified atom stereocenters. The molecule has 74 valence electrons. The highest BCUT2D eigenvalue weighted by Crippen LogP contribution is 2.19. The van der Waals surface area contributed by atoms with Gasteiger partial charge in [-0.2, -0.15) is 0 Å². The van der Waals surface area contributed by atoms with Crippen molar-refractivity contribution >= 4 is 0 Å². The maximum atomic E-state index is 5.61. The first-order chi connectivity index (χ1) is 5.27. The van der Waals surface area contributed by atoms with Crippen LogP contribution in [0.3, 0.4) is 0 Å². The minimum atomic E-state index is -0.0914. The molecule has 0 amide bonds. The second-order valence-corrected chi connectivity index (χ2v) is 4.88. The lowest BCUT2D eigenvalue weighted by Gasteiger charge is -2.28. The number of rotatable bonds is 4. The molecule has 0 aliphatic carbocycles. The van der Waals surface area contributed by atoms with Gasteiger partial charge in [0, 0.05) is 5.41 Å². The van der Waals surface area contributed by atoms with Gasteiger partial charge in [-0.3, -0.25) is 0 Å². The Labute approximate surface area is 75.2 Å². The standard InChI is InChI=1S/C9H21NO2/c1-8(2,3)11-6-9(4,5)7-12-10/h6-7,10H2,1-5H3. The van der Waals surface area contributed by atoms with Crippen LogP contribution in [0.5, 0.6) is 0 Å². The zero-order valence-electron chi connectivity index (χ0n) is 8.81. The first kappa shape index (κ1) is 11.9. The number of nitrogens with two attached hydrogens (primary N) is 1. The van der Waals surface area contributed by atoms with Gasteiger partial charge in [0.1, 0.15) is 0 Å². The Balaban J connectivity index is 3.75. The van der Waals surface area contributed by atoms with Gasteiger partial charge >= 0.3 is 0 Å². The summed E-state index contributed by atoms with van der Waals surface area (Å²) in [5.41, 5.74) is -0.103. The summed E-state index contributed by atoms with van der Waals surface area (Å²) in [4.78, 5) is 4.59. The van der Waals surface area contributed by atoms with Crippen molar-refractivity contribution < 1.29 is 9.57 Å². The van der Waals surface area contributed by atoms with E-state index in [-0.39, 0.29) is 11.0 Å². The van der Waals surface area contributed by atoms with Gasteiger partial charge in [-0.1, -0.05) is 13.8 Å². The van der Waals surface area contributed by atoms with Crippen LogP contribution < -0.4 is 5.90 Å². The van der Waals surface area contributed by atoms with Crippen molar-refractivity contribution in [1.29, 1.82) is 0 Å². The van der Waals surface area contributed by atoms with E-state index in [0.29, 0.717) is 13.2 Å². The third kappa shape index (κ3) is 6.58. The second-order valence-electron chi connectivity index (χ2n) is 4.88. The molecule has 0 aromatic rings. The molecule has 0 bridgehead atoms. The fourth-order valence-electron chi connectivity index (χ4n) is 0.679. The lowest BCUT2D eigenvalue weighted by molar-refractivity contribution is -0.0672. The molecule has 3 heteroatoms. The van der Waals surface area contributed by atoms with Gasteiger partial charge in [0.15, 0.2) is 0 Å². The van der Waals surface area contributed by atoms with Crippen molar-refractivity contribution in [3.8, 4) is 0 Å². The molecule has 0 fully saturated rings. The van der Waals surface area contributed by atoms with E-state index in [2.05, 4.69) is 18.7 Å². The SMILES string of the molecule is CC(C)(CON)COC(C)(C)C. The normalized spacial score (nSPS) is 13.5. The molecule has 3 nitrogen and oxygen atoms in total. The lowest BCUT2D eigenvalue weighted by atomic mass is 9.96. The summed E-state index contributed by atoms with van der Waals surface area (Å²) in [6.45, 7) is 11.4. The first-order valence-electron chi connectivity index (χ1n) is 4.22. The van der Waals surface area contributed by atoms with Gasteiger partial charge in [-0.05, 0) is 20.8 Å². The van der Waals surface area contributed by atoms with Gasteiger partial charge in [0.25, 0.3) is 0 Å². The Morgan fingerprint density at radius 2 is 1.50 bits per heavy atom. The minimum absolute atomic E-state index is 0.0119. The molecule has 0 rings (SSSR count). The largest absolute Gasteiger partial charge is 0.375 e. The van der Waals surface area contributed by atoms with Crippen molar-refractivity contribution in [2.45, 2.75) is 40.2 Å². The van der Waals surface area contributed by atoms with Gasteiger partial charge in [0.05, 0.1) is 18.8 Å². The van der Waals surface area contributed by atoms with Crippen molar-refractivity contribution in [3.05, 3.63) is 0 Å². The van der Waals surface area contributed by atoms with Crippen molar-refractivity contribution in [3.63, 3.8) is 0 Å². The quantitative estimate of drug-likeness (QED) is 0.662. The summed E-state index contributed by atoms with van der Waals surface area (Å²) >= 11 is 0. The molecular weight excluding hydrogens is 154 g/mol. The van der Waals surface area contributed by atoms with Crippen LogP contribution in [0.1, 0.15) is 34.6 Å². The Morgan fingerprint density at radius 1 is 1.00 bits per heavy atom. The molecule has 0 spiro atoms. The molecule has 0 atom stereocenters. The third-order valence-corrected chi connectivity index (χ3v) is 1.37. The summed E-state index contributed by atoms with van der Waals surface area (Å²) < 4.78 is 5.61. The van der Waals surface area contributed by atoms with E-state index < -0.39 is 0 Å². The Kier molecular flexibility index (Phi) is 4.17. The molecule has 2 N–H and O–H groups in total. The fraction of sp³-hybridized carbons (Fsp3) is 1.00. The van der Waals surface area contributed by atoms with E-state index in [1.165, 1.54) is 0 Å². The molecule has 0 heterocycles. The predicted molar refractivity (Wildman–Crippen MR) is 49.6 cm³/mol. The van der Waals surface area contributed by atoms with E-state index in [1.54, 1.807) is 0 Å². The number of hydrogen-bond donors (Lipinski definition) is 1. The van der Waals surface area contributed by atoms with Crippen molar-refractivity contribution in [2.75, 3.05) is 13.2 Å². The molecule has 0 saturated heterocycles. The van der Waals surface area contributed by atoms with Crippen LogP contribution >= 0.6 is 0 Å². The van der Waals surface area contributed by atoms with Crippen LogP contribution in [-0.2, 0) is 9.57 Å². The van der Waals surface area contributed by atoms with Crippen LogP contribution in [0.2, 0.25) is 0 Å². The summed E-state index contributed by atoms with van der Waals surface area (Å²) in [6.07, 6.45) is 0. The van der Waals surface area contributed by atoms with Crippen LogP contribution in [0.4, 0.5) is 0 Å². The first-order valence-corrected chi connectivity index (χ1v) is 4.22. The molecular formula is C9H21NO2. The topological polar surface area (TPSA) is 44.5 Å². The van der Waals surface area contributed by atoms with Gasteiger partial charge in [0.2, 0.25) is 0 Å². The van der Waals surface area contributed by atoms with E-state index in [1.807, 2.05) is 20.8 Å². The summed E-state index contributed by atoms with van der Waals surface area (Å²) in [7, 11) is 0. The van der Waals surface area contributed by atoms with Crippen molar-refractivity contribution in [2.24, 2.45) is 11.3 Å². The van der Waals surface area contributed by atoms with E-state index in [4.69, 9.17) is 10.6 Å². The highest BCUT2D eigenvalue weighted by Gasteiger charge is 2.21. The monoisotopic (exact) mass is 175 g/mol. The Hall–Kier alpha value is -0.120. The minimum Gasteiger partial charge on any atom is -0.375 e. The van der Waals surface area contributed by atoms with Crippen LogP contribution in [-0.4, -0.2) is 18.8 Å². The zero-order valence-corrected chi connectivity index (χ0v) is 8.81. The predicted octanol–water partition coefficient (Wildman–Crippen LogP) is 1.72. The maximum absolute atomic E-state index is 5.61. The van der Waals surface area contributed by atoms with Gasteiger partial charge in [-0.25, -0.2) is 5.90 Å². The highest BCUT2D eigenvalue weighted by atomic mass is 16.6. The number of ether oxygens (including phenoxy) is 1. The molecule has 0 aromatic heterocycles. The van der Waals surface area contributed by atoms with E-state index in [0.717, 1.165) is 0 Å².